The van der Waals surface area contributed by atoms with Crippen molar-refractivity contribution in [3.8, 4) is 0 Å². The first-order valence-corrected chi connectivity index (χ1v) is 8.90. The predicted octanol–water partition coefficient (Wildman–Crippen LogP) is 1.79. The molecule has 2 N–H and O–H groups in total. The number of rotatable bonds is 5. The standard InChI is InChI=1S/C19H24N2O4/c22-17(14-7-4-8-15(11-14)19(24)25)20-16-9-10-21(18(16)23)12-13-5-2-1-3-6-13/h1-3,5-6,14-16H,4,7-12H2,(H,20,22)(H,24,25). The number of nitrogens with zero attached hydrogens (tertiary/aromatic N) is 1. The van der Waals surface area contributed by atoms with Crippen molar-refractivity contribution in [2.45, 2.75) is 44.7 Å². The van der Waals surface area contributed by atoms with Crippen LogP contribution in [0.1, 0.15) is 37.7 Å². The van der Waals surface area contributed by atoms with Crippen LogP contribution in [0.5, 0.6) is 0 Å². The molecular weight excluding hydrogens is 320 g/mol. The van der Waals surface area contributed by atoms with Gasteiger partial charge in [0.2, 0.25) is 11.8 Å². The van der Waals surface area contributed by atoms with Crippen LogP contribution in [0.3, 0.4) is 0 Å². The van der Waals surface area contributed by atoms with Gasteiger partial charge in [0.15, 0.2) is 0 Å². The zero-order chi connectivity index (χ0) is 17.8. The number of hydrogen-bond acceptors (Lipinski definition) is 3. The lowest BCUT2D eigenvalue weighted by atomic mass is 9.81. The minimum absolute atomic E-state index is 0.0530. The van der Waals surface area contributed by atoms with Crippen molar-refractivity contribution in [1.82, 2.24) is 10.2 Å². The average molecular weight is 344 g/mol. The molecule has 6 nitrogen and oxygen atoms in total. The second-order valence-corrected chi connectivity index (χ2v) is 6.99. The first-order valence-electron chi connectivity index (χ1n) is 8.90. The highest BCUT2D eigenvalue weighted by Crippen LogP contribution is 2.29. The lowest BCUT2D eigenvalue weighted by molar-refractivity contribution is -0.144. The molecule has 2 amide bonds. The fourth-order valence-corrected chi connectivity index (χ4v) is 3.78. The highest BCUT2D eigenvalue weighted by atomic mass is 16.4. The Morgan fingerprint density at radius 2 is 1.84 bits per heavy atom. The van der Waals surface area contributed by atoms with Gasteiger partial charge in [-0.2, -0.15) is 0 Å². The van der Waals surface area contributed by atoms with Gasteiger partial charge in [0.25, 0.3) is 0 Å². The molecular formula is C19H24N2O4. The summed E-state index contributed by atoms with van der Waals surface area (Å²) >= 11 is 0. The molecule has 2 aliphatic rings. The Morgan fingerprint density at radius 3 is 2.56 bits per heavy atom. The molecule has 1 heterocycles. The second-order valence-electron chi connectivity index (χ2n) is 6.99. The number of carboxylic acid groups (broad SMARTS) is 1. The van der Waals surface area contributed by atoms with Crippen LogP contribution in [0.25, 0.3) is 0 Å². The molecule has 134 valence electrons. The van der Waals surface area contributed by atoms with E-state index in [1.54, 1.807) is 4.90 Å². The summed E-state index contributed by atoms with van der Waals surface area (Å²) in [6.45, 7) is 1.18. The van der Waals surface area contributed by atoms with Crippen LogP contribution in [0.2, 0.25) is 0 Å². The second kappa shape index (κ2) is 7.68. The number of nitrogens with one attached hydrogen (secondary N) is 1. The molecule has 6 heteroatoms. The van der Waals surface area contributed by atoms with Gasteiger partial charge < -0.3 is 15.3 Å². The molecule has 1 aliphatic carbocycles. The van der Waals surface area contributed by atoms with Gasteiger partial charge in [-0.15, -0.1) is 0 Å². The summed E-state index contributed by atoms with van der Waals surface area (Å²) in [4.78, 5) is 37.9. The van der Waals surface area contributed by atoms with Crippen LogP contribution in [-0.2, 0) is 20.9 Å². The zero-order valence-electron chi connectivity index (χ0n) is 14.2. The predicted molar refractivity (Wildman–Crippen MR) is 91.5 cm³/mol. The van der Waals surface area contributed by atoms with E-state index < -0.39 is 17.9 Å². The van der Waals surface area contributed by atoms with E-state index in [4.69, 9.17) is 5.11 Å². The summed E-state index contributed by atoms with van der Waals surface area (Å²) < 4.78 is 0. The number of aliphatic carboxylic acids is 1. The number of carboxylic acids is 1. The SMILES string of the molecule is O=C(O)C1CCCC(C(=O)NC2CCN(Cc3ccccc3)C2=O)C1. The topological polar surface area (TPSA) is 86.7 Å². The molecule has 1 aromatic carbocycles. The average Bonchev–Trinajstić information content (AvgIpc) is 2.96. The fraction of sp³-hybridized carbons (Fsp3) is 0.526. The van der Waals surface area contributed by atoms with E-state index in [2.05, 4.69) is 5.32 Å². The Bertz CT molecular complexity index is 646. The zero-order valence-corrected chi connectivity index (χ0v) is 14.2. The van der Waals surface area contributed by atoms with E-state index in [9.17, 15) is 14.4 Å². The number of carbonyl (C=O) groups excluding carboxylic acids is 2. The minimum Gasteiger partial charge on any atom is -0.481 e. The smallest absolute Gasteiger partial charge is 0.306 e. The quantitative estimate of drug-likeness (QED) is 0.853. The molecule has 0 radical (unpaired) electrons. The Labute approximate surface area is 147 Å². The number of carbonyl (C=O) groups is 3. The Hall–Kier alpha value is -2.37. The molecule has 1 aromatic rings. The lowest BCUT2D eigenvalue weighted by Crippen LogP contribution is -2.45. The molecule has 1 saturated heterocycles. The summed E-state index contributed by atoms with van der Waals surface area (Å²) in [5, 5.41) is 12.0. The maximum absolute atomic E-state index is 12.5. The molecule has 3 unspecified atom stereocenters. The van der Waals surface area contributed by atoms with Crippen molar-refractivity contribution in [3.63, 3.8) is 0 Å². The number of hydrogen-bond donors (Lipinski definition) is 2. The molecule has 0 bridgehead atoms. The van der Waals surface area contributed by atoms with Crippen molar-refractivity contribution < 1.29 is 19.5 Å². The van der Waals surface area contributed by atoms with Crippen LogP contribution in [0.4, 0.5) is 0 Å². The van der Waals surface area contributed by atoms with Crippen LogP contribution in [0.15, 0.2) is 30.3 Å². The molecule has 25 heavy (non-hydrogen) atoms. The first kappa shape index (κ1) is 17.5. The van der Waals surface area contributed by atoms with Crippen molar-refractivity contribution in [3.05, 3.63) is 35.9 Å². The van der Waals surface area contributed by atoms with E-state index in [0.717, 1.165) is 12.0 Å². The number of likely N-dealkylation sites (tertiary alicyclic amines) is 1. The first-order chi connectivity index (χ1) is 12.0. The van der Waals surface area contributed by atoms with Crippen molar-refractivity contribution in [2.75, 3.05) is 6.54 Å². The third-order valence-corrected chi connectivity index (χ3v) is 5.22. The minimum atomic E-state index is -0.830. The fourth-order valence-electron chi connectivity index (χ4n) is 3.78. The molecule has 1 saturated carbocycles. The van der Waals surface area contributed by atoms with Crippen LogP contribution >= 0.6 is 0 Å². The van der Waals surface area contributed by atoms with E-state index >= 15 is 0 Å². The monoisotopic (exact) mass is 344 g/mol. The molecule has 3 rings (SSSR count). The summed E-state index contributed by atoms with van der Waals surface area (Å²) in [6, 6.07) is 9.29. The number of benzene rings is 1. The third kappa shape index (κ3) is 4.18. The van der Waals surface area contributed by atoms with Gasteiger partial charge in [0, 0.05) is 19.0 Å². The van der Waals surface area contributed by atoms with E-state index in [0.29, 0.717) is 38.8 Å². The summed E-state index contributed by atoms with van der Waals surface area (Å²) in [5.74, 6) is -1.80. The maximum Gasteiger partial charge on any atom is 0.306 e. The summed E-state index contributed by atoms with van der Waals surface area (Å²) in [6.07, 6.45) is 3.05. The maximum atomic E-state index is 12.5. The van der Waals surface area contributed by atoms with Gasteiger partial charge in [0.05, 0.1) is 5.92 Å². The normalized spacial score (nSPS) is 26.5. The van der Waals surface area contributed by atoms with Crippen LogP contribution in [0, 0.1) is 11.8 Å². The molecule has 2 fully saturated rings. The summed E-state index contributed by atoms with van der Waals surface area (Å²) in [7, 11) is 0. The molecule has 0 spiro atoms. The molecule has 1 aliphatic heterocycles. The molecule has 3 atom stereocenters. The Morgan fingerprint density at radius 1 is 1.12 bits per heavy atom. The largest absolute Gasteiger partial charge is 0.481 e. The van der Waals surface area contributed by atoms with E-state index in [1.165, 1.54) is 0 Å². The molecule has 0 aromatic heterocycles. The Balaban J connectivity index is 1.54. The third-order valence-electron chi connectivity index (χ3n) is 5.22. The number of amides is 2. The van der Waals surface area contributed by atoms with Gasteiger partial charge in [-0.25, -0.2) is 0 Å². The van der Waals surface area contributed by atoms with Gasteiger partial charge >= 0.3 is 5.97 Å². The van der Waals surface area contributed by atoms with Gasteiger partial charge in [0.1, 0.15) is 6.04 Å². The van der Waals surface area contributed by atoms with Crippen molar-refractivity contribution in [2.24, 2.45) is 11.8 Å². The van der Waals surface area contributed by atoms with Crippen LogP contribution in [-0.4, -0.2) is 40.4 Å². The lowest BCUT2D eigenvalue weighted by Gasteiger charge is -2.26. The van der Waals surface area contributed by atoms with Gasteiger partial charge in [-0.3, -0.25) is 14.4 Å². The van der Waals surface area contributed by atoms with Crippen molar-refractivity contribution >= 4 is 17.8 Å². The van der Waals surface area contributed by atoms with Gasteiger partial charge in [-0.1, -0.05) is 36.8 Å². The van der Waals surface area contributed by atoms with E-state index in [1.807, 2.05) is 30.3 Å². The summed E-state index contributed by atoms with van der Waals surface area (Å²) in [5.41, 5.74) is 1.07. The van der Waals surface area contributed by atoms with Crippen LogP contribution < -0.4 is 5.32 Å². The Kier molecular flexibility index (Phi) is 5.36. The highest BCUT2D eigenvalue weighted by molar-refractivity contribution is 5.90. The van der Waals surface area contributed by atoms with Crippen molar-refractivity contribution in [1.29, 1.82) is 0 Å². The van der Waals surface area contributed by atoms with Gasteiger partial charge in [-0.05, 0) is 31.2 Å². The highest BCUT2D eigenvalue weighted by Gasteiger charge is 2.36. The van der Waals surface area contributed by atoms with E-state index in [-0.39, 0.29) is 17.7 Å².